The monoisotopic (exact) mass is 312 g/mol. The zero-order valence-electron chi connectivity index (χ0n) is 13.2. The van der Waals surface area contributed by atoms with Crippen LogP contribution in [0.3, 0.4) is 0 Å². The Kier molecular flexibility index (Phi) is 3.14. The molecule has 4 rings (SSSR count). The van der Waals surface area contributed by atoms with Gasteiger partial charge < -0.3 is 10.0 Å². The first-order valence-electron chi connectivity index (χ1n) is 8.07. The molecule has 2 heterocycles. The number of aromatic carboxylic acids is 1. The van der Waals surface area contributed by atoms with Crippen molar-refractivity contribution in [2.75, 3.05) is 18.0 Å². The SMILES string of the molecule is Cn1nc(C(=O)O)nc1N1CCC2(CCc3ccccc32)CC1. The largest absolute Gasteiger partial charge is 0.475 e. The summed E-state index contributed by atoms with van der Waals surface area (Å²) < 4.78 is 1.57. The van der Waals surface area contributed by atoms with Crippen LogP contribution in [0.4, 0.5) is 5.95 Å². The highest BCUT2D eigenvalue weighted by Gasteiger charge is 2.41. The summed E-state index contributed by atoms with van der Waals surface area (Å²) in [6, 6.07) is 8.79. The number of nitrogens with zero attached hydrogens (tertiary/aromatic N) is 4. The average Bonchev–Trinajstić information content (AvgIpc) is 3.11. The smallest absolute Gasteiger partial charge is 0.375 e. The van der Waals surface area contributed by atoms with Gasteiger partial charge in [0.1, 0.15) is 0 Å². The quantitative estimate of drug-likeness (QED) is 0.918. The Balaban J connectivity index is 1.55. The molecule has 0 unspecified atom stereocenters. The van der Waals surface area contributed by atoms with Gasteiger partial charge in [0.2, 0.25) is 5.95 Å². The topological polar surface area (TPSA) is 71.2 Å². The van der Waals surface area contributed by atoms with Crippen molar-refractivity contribution in [3.8, 4) is 0 Å². The van der Waals surface area contributed by atoms with Crippen LogP contribution >= 0.6 is 0 Å². The highest BCUT2D eigenvalue weighted by molar-refractivity contribution is 5.83. The predicted molar refractivity (Wildman–Crippen MR) is 85.9 cm³/mol. The lowest BCUT2D eigenvalue weighted by Gasteiger charge is -2.40. The number of carboxylic acids is 1. The first-order chi connectivity index (χ1) is 11.1. The maximum Gasteiger partial charge on any atom is 0.375 e. The molecule has 0 bridgehead atoms. The fourth-order valence-electron chi connectivity index (χ4n) is 4.16. The van der Waals surface area contributed by atoms with Crippen LogP contribution in [-0.4, -0.2) is 38.9 Å². The Hall–Kier alpha value is -2.37. The molecule has 120 valence electrons. The minimum atomic E-state index is -1.08. The van der Waals surface area contributed by atoms with Crippen molar-refractivity contribution in [2.24, 2.45) is 7.05 Å². The van der Waals surface area contributed by atoms with Gasteiger partial charge in [-0.25, -0.2) is 9.48 Å². The summed E-state index contributed by atoms with van der Waals surface area (Å²) in [5.74, 6) is -0.553. The van der Waals surface area contributed by atoms with E-state index in [0.717, 1.165) is 25.9 Å². The highest BCUT2D eigenvalue weighted by atomic mass is 16.4. The van der Waals surface area contributed by atoms with E-state index >= 15 is 0 Å². The van der Waals surface area contributed by atoms with Crippen LogP contribution in [0.2, 0.25) is 0 Å². The van der Waals surface area contributed by atoms with E-state index in [1.807, 2.05) is 0 Å². The molecule has 0 amide bonds. The number of rotatable bonds is 2. The molecule has 1 saturated heterocycles. The number of benzene rings is 1. The summed E-state index contributed by atoms with van der Waals surface area (Å²) in [6.07, 6.45) is 4.56. The minimum absolute atomic E-state index is 0.131. The molecule has 0 atom stereocenters. The second-order valence-electron chi connectivity index (χ2n) is 6.59. The fraction of sp³-hybridized carbons (Fsp3) is 0.471. The van der Waals surface area contributed by atoms with Crippen LogP contribution in [0.1, 0.15) is 41.0 Å². The number of anilines is 1. The van der Waals surface area contributed by atoms with Crippen molar-refractivity contribution < 1.29 is 9.90 Å². The maximum absolute atomic E-state index is 11.0. The van der Waals surface area contributed by atoms with Crippen molar-refractivity contribution in [1.82, 2.24) is 14.8 Å². The van der Waals surface area contributed by atoms with E-state index in [2.05, 4.69) is 39.2 Å². The molecule has 23 heavy (non-hydrogen) atoms. The van der Waals surface area contributed by atoms with Crippen molar-refractivity contribution >= 4 is 11.9 Å². The molecule has 2 aromatic rings. The van der Waals surface area contributed by atoms with E-state index in [0.29, 0.717) is 11.4 Å². The summed E-state index contributed by atoms with van der Waals surface area (Å²) in [5, 5.41) is 13.0. The Morgan fingerprint density at radius 3 is 2.65 bits per heavy atom. The van der Waals surface area contributed by atoms with E-state index in [1.165, 1.54) is 24.0 Å². The Labute approximate surface area is 134 Å². The molecule has 1 aromatic carbocycles. The number of aromatic nitrogens is 3. The lowest BCUT2D eigenvalue weighted by atomic mass is 9.74. The van der Waals surface area contributed by atoms with Gasteiger partial charge in [-0.15, -0.1) is 5.10 Å². The Morgan fingerprint density at radius 2 is 1.96 bits per heavy atom. The van der Waals surface area contributed by atoms with Crippen LogP contribution in [0.25, 0.3) is 0 Å². The molecule has 6 nitrogen and oxygen atoms in total. The van der Waals surface area contributed by atoms with Gasteiger partial charge in [-0.3, -0.25) is 0 Å². The summed E-state index contributed by atoms with van der Waals surface area (Å²) in [4.78, 5) is 17.4. The second-order valence-corrected chi connectivity index (χ2v) is 6.59. The first kappa shape index (κ1) is 14.2. The normalized spacial score (nSPS) is 19.1. The van der Waals surface area contributed by atoms with Gasteiger partial charge in [-0.05, 0) is 42.2 Å². The third-order valence-electron chi connectivity index (χ3n) is 5.40. The highest BCUT2D eigenvalue weighted by Crippen LogP contribution is 2.46. The Bertz CT molecular complexity index is 760. The minimum Gasteiger partial charge on any atom is -0.475 e. The van der Waals surface area contributed by atoms with E-state index in [9.17, 15) is 4.79 Å². The van der Waals surface area contributed by atoms with Crippen molar-refractivity contribution in [3.05, 3.63) is 41.2 Å². The number of fused-ring (bicyclic) bond motifs is 2. The molecule has 6 heteroatoms. The molecular formula is C17H20N4O2. The van der Waals surface area contributed by atoms with Crippen molar-refractivity contribution in [3.63, 3.8) is 0 Å². The van der Waals surface area contributed by atoms with Gasteiger partial charge in [0.15, 0.2) is 0 Å². The number of piperidine rings is 1. The summed E-state index contributed by atoms with van der Waals surface area (Å²) >= 11 is 0. The molecule has 1 spiro atoms. The van der Waals surface area contributed by atoms with Crippen LogP contribution in [0.15, 0.2) is 24.3 Å². The summed E-state index contributed by atoms with van der Waals surface area (Å²) in [7, 11) is 1.75. The lowest BCUT2D eigenvalue weighted by Crippen LogP contribution is -2.42. The van der Waals surface area contributed by atoms with E-state index in [-0.39, 0.29) is 5.82 Å². The Morgan fingerprint density at radius 1 is 1.22 bits per heavy atom. The second kappa shape index (κ2) is 5.08. The van der Waals surface area contributed by atoms with Crippen LogP contribution in [0, 0.1) is 0 Å². The van der Waals surface area contributed by atoms with Gasteiger partial charge >= 0.3 is 5.97 Å². The molecule has 0 radical (unpaired) electrons. The first-order valence-corrected chi connectivity index (χ1v) is 8.07. The van der Waals surface area contributed by atoms with Crippen LogP contribution in [-0.2, 0) is 18.9 Å². The van der Waals surface area contributed by atoms with Crippen molar-refractivity contribution in [1.29, 1.82) is 0 Å². The van der Waals surface area contributed by atoms with Crippen LogP contribution in [0.5, 0.6) is 0 Å². The standard InChI is InChI=1S/C17H20N4O2/c1-20-16(18-14(19-20)15(22)23)21-10-8-17(9-11-21)7-6-12-4-2-3-5-13(12)17/h2-5H,6-11H2,1H3,(H,22,23). The molecule has 1 fully saturated rings. The van der Waals surface area contributed by atoms with E-state index in [4.69, 9.17) is 5.11 Å². The predicted octanol–water partition coefficient (Wildman–Crippen LogP) is 2.00. The van der Waals surface area contributed by atoms with Crippen molar-refractivity contribution in [2.45, 2.75) is 31.1 Å². The lowest BCUT2D eigenvalue weighted by molar-refractivity contribution is 0.0683. The third-order valence-corrected chi connectivity index (χ3v) is 5.40. The molecule has 0 saturated carbocycles. The molecule has 2 aliphatic rings. The van der Waals surface area contributed by atoms with Gasteiger partial charge in [-0.2, -0.15) is 4.98 Å². The van der Waals surface area contributed by atoms with Gasteiger partial charge in [0.05, 0.1) is 0 Å². The molecule has 1 aliphatic carbocycles. The molecule has 1 N–H and O–H groups in total. The number of aryl methyl sites for hydroxylation is 2. The fourth-order valence-corrected chi connectivity index (χ4v) is 4.16. The van der Waals surface area contributed by atoms with E-state index in [1.54, 1.807) is 11.7 Å². The summed E-state index contributed by atoms with van der Waals surface area (Å²) in [5.41, 5.74) is 3.30. The number of hydrogen-bond acceptors (Lipinski definition) is 4. The summed E-state index contributed by atoms with van der Waals surface area (Å²) in [6.45, 7) is 1.78. The van der Waals surface area contributed by atoms with Gasteiger partial charge in [-0.1, -0.05) is 24.3 Å². The number of carbonyl (C=O) groups is 1. The van der Waals surface area contributed by atoms with Gasteiger partial charge in [0.25, 0.3) is 5.82 Å². The van der Waals surface area contributed by atoms with Gasteiger partial charge in [0, 0.05) is 20.1 Å². The third kappa shape index (κ3) is 2.20. The maximum atomic E-state index is 11.0. The molecule has 1 aliphatic heterocycles. The van der Waals surface area contributed by atoms with E-state index < -0.39 is 5.97 Å². The molecule has 1 aromatic heterocycles. The zero-order chi connectivity index (χ0) is 16.0. The number of carboxylic acid groups (broad SMARTS) is 1. The van der Waals surface area contributed by atoms with Crippen LogP contribution < -0.4 is 4.90 Å². The number of hydrogen-bond donors (Lipinski definition) is 1. The zero-order valence-corrected chi connectivity index (χ0v) is 13.2. The average molecular weight is 312 g/mol. The molecular weight excluding hydrogens is 292 g/mol.